The number of hydrogen-bond acceptors (Lipinski definition) is 2. The number of nitrogens with one attached hydrogen (secondary N) is 1. The van der Waals surface area contributed by atoms with E-state index in [1.165, 1.54) is 12.1 Å². The van der Waals surface area contributed by atoms with Crippen molar-refractivity contribution in [3.8, 4) is 0 Å². The molecule has 1 atom stereocenters. The number of Topliss-reactive ketones (excluding diaryl/α,β-unsaturated/α-hetero) is 1. The minimum absolute atomic E-state index is 0.128. The van der Waals surface area contributed by atoms with E-state index in [2.05, 4.69) is 5.32 Å². The first-order valence-corrected chi connectivity index (χ1v) is 4.67. The van der Waals surface area contributed by atoms with Crippen LogP contribution in [-0.4, -0.2) is 12.3 Å². The molecule has 1 aromatic rings. The van der Waals surface area contributed by atoms with Crippen molar-refractivity contribution in [1.29, 1.82) is 0 Å². The van der Waals surface area contributed by atoms with E-state index in [1.54, 1.807) is 19.1 Å². The highest BCUT2D eigenvalue weighted by Crippen LogP contribution is 2.27. The molecule has 0 amide bonds. The molecule has 1 aromatic carbocycles. The van der Waals surface area contributed by atoms with Crippen molar-refractivity contribution in [1.82, 2.24) is 5.32 Å². The smallest absolute Gasteiger partial charge is 0.158 e. The van der Waals surface area contributed by atoms with Gasteiger partial charge in [0.1, 0.15) is 11.4 Å². The fourth-order valence-electron chi connectivity index (χ4n) is 1.84. The van der Waals surface area contributed by atoms with Gasteiger partial charge in [-0.3, -0.25) is 4.79 Å². The van der Waals surface area contributed by atoms with Crippen molar-refractivity contribution in [3.63, 3.8) is 0 Å². The van der Waals surface area contributed by atoms with Gasteiger partial charge >= 0.3 is 0 Å². The van der Waals surface area contributed by atoms with Gasteiger partial charge in [-0.15, -0.1) is 0 Å². The van der Waals surface area contributed by atoms with Gasteiger partial charge in [0.2, 0.25) is 0 Å². The molecule has 2 nitrogen and oxygen atoms in total. The minimum atomic E-state index is -0.692. The Kier molecular flexibility index (Phi) is 2.11. The molecular formula is C11H12FNO. The zero-order valence-electron chi connectivity index (χ0n) is 8.01. The Hall–Kier alpha value is -1.22. The van der Waals surface area contributed by atoms with Crippen molar-refractivity contribution in [2.75, 3.05) is 6.54 Å². The van der Waals surface area contributed by atoms with Crippen molar-refractivity contribution in [2.45, 2.75) is 18.9 Å². The second-order valence-corrected chi connectivity index (χ2v) is 3.74. The molecule has 1 unspecified atom stereocenters. The number of benzene rings is 1. The van der Waals surface area contributed by atoms with Crippen molar-refractivity contribution < 1.29 is 9.18 Å². The zero-order valence-corrected chi connectivity index (χ0v) is 8.01. The monoisotopic (exact) mass is 193 g/mol. The Bertz CT molecular complexity index is 377. The number of ketones is 1. The molecule has 0 spiro atoms. The van der Waals surface area contributed by atoms with Crippen LogP contribution in [0.25, 0.3) is 0 Å². The third-order valence-electron chi connectivity index (χ3n) is 2.79. The molecule has 0 aromatic heterocycles. The van der Waals surface area contributed by atoms with Crippen LogP contribution in [-0.2, 0) is 10.3 Å². The SMILES string of the molecule is CC1(c2cccc(F)c2)NCCC1=O. The van der Waals surface area contributed by atoms with Gasteiger partial charge < -0.3 is 5.32 Å². The first-order valence-electron chi connectivity index (χ1n) is 4.67. The molecule has 2 rings (SSSR count). The minimum Gasteiger partial charge on any atom is -0.301 e. The maximum absolute atomic E-state index is 13.0. The van der Waals surface area contributed by atoms with Gasteiger partial charge in [-0.1, -0.05) is 12.1 Å². The summed E-state index contributed by atoms with van der Waals surface area (Å²) in [6.07, 6.45) is 0.521. The van der Waals surface area contributed by atoms with Crippen LogP contribution >= 0.6 is 0 Å². The molecule has 1 heterocycles. The van der Waals surface area contributed by atoms with E-state index in [-0.39, 0.29) is 11.6 Å². The molecule has 74 valence electrons. The molecule has 1 fully saturated rings. The van der Waals surface area contributed by atoms with Crippen LogP contribution in [0.1, 0.15) is 18.9 Å². The second kappa shape index (κ2) is 3.17. The van der Waals surface area contributed by atoms with E-state index in [1.807, 2.05) is 0 Å². The Balaban J connectivity index is 2.43. The topological polar surface area (TPSA) is 29.1 Å². The molecule has 14 heavy (non-hydrogen) atoms. The third kappa shape index (κ3) is 1.34. The Morgan fingerprint density at radius 1 is 1.50 bits per heavy atom. The van der Waals surface area contributed by atoms with Crippen molar-refractivity contribution >= 4 is 5.78 Å². The highest BCUT2D eigenvalue weighted by Gasteiger charge is 2.38. The second-order valence-electron chi connectivity index (χ2n) is 3.74. The molecule has 1 saturated heterocycles. The summed E-state index contributed by atoms with van der Waals surface area (Å²) in [4.78, 5) is 11.6. The summed E-state index contributed by atoms with van der Waals surface area (Å²) in [5.74, 6) is -0.173. The normalized spacial score (nSPS) is 26.9. The largest absolute Gasteiger partial charge is 0.301 e. The molecule has 1 aliphatic rings. The van der Waals surface area contributed by atoms with Gasteiger partial charge in [-0.2, -0.15) is 0 Å². The number of carbonyl (C=O) groups excluding carboxylic acids is 1. The lowest BCUT2D eigenvalue weighted by Gasteiger charge is -2.23. The van der Waals surface area contributed by atoms with E-state index < -0.39 is 5.54 Å². The lowest BCUT2D eigenvalue weighted by molar-refractivity contribution is -0.122. The van der Waals surface area contributed by atoms with E-state index in [4.69, 9.17) is 0 Å². The van der Waals surface area contributed by atoms with Crippen LogP contribution in [0.3, 0.4) is 0 Å². The number of hydrogen-bond donors (Lipinski definition) is 1. The average molecular weight is 193 g/mol. The van der Waals surface area contributed by atoms with E-state index in [9.17, 15) is 9.18 Å². The number of rotatable bonds is 1. The Morgan fingerprint density at radius 2 is 2.29 bits per heavy atom. The van der Waals surface area contributed by atoms with Crippen molar-refractivity contribution in [2.24, 2.45) is 0 Å². The summed E-state index contributed by atoms with van der Waals surface area (Å²) >= 11 is 0. The van der Waals surface area contributed by atoms with E-state index >= 15 is 0 Å². The molecule has 0 bridgehead atoms. The standard InChI is InChI=1S/C11H12FNO/c1-11(10(14)5-6-13-11)8-3-2-4-9(12)7-8/h2-4,7,13H,5-6H2,1H3. The highest BCUT2D eigenvalue weighted by atomic mass is 19.1. The van der Waals surface area contributed by atoms with Crippen LogP contribution in [0, 0.1) is 5.82 Å². The lowest BCUT2D eigenvalue weighted by atomic mass is 9.89. The first-order chi connectivity index (χ1) is 6.63. The van der Waals surface area contributed by atoms with Gasteiger partial charge in [0.15, 0.2) is 5.78 Å². The average Bonchev–Trinajstić information content (AvgIpc) is 2.49. The van der Waals surface area contributed by atoms with E-state index in [0.717, 1.165) is 0 Å². The quantitative estimate of drug-likeness (QED) is 0.734. The highest BCUT2D eigenvalue weighted by molar-refractivity contribution is 5.91. The van der Waals surface area contributed by atoms with Gasteiger partial charge in [0.05, 0.1) is 0 Å². The predicted octanol–water partition coefficient (Wildman–Crippen LogP) is 1.60. The zero-order chi connectivity index (χ0) is 10.2. The van der Waals surface area contributed by atoms with Crippen LogP contribution in [0.2, 0.25) is 0 Å². The van der Waals surface area contributed by atoms with E-state index in [0.29, 0.717) is 18.5 Å². The third-order valence-corrected chi connectivity index (χ3v) is 2.79. The summed E-state index contributed by atoms with van der Waals surface area (Å²) in [5, 5.41) is 3.11. The van der Waals surface area contributed by atoms with Crippen LogP contribution in [0.15, 0.2) is 24.3 Å². The summed E-state index contributed by atoms with van der Waals surface area (Å²) in [7, 11) is 0. The molecule has 0 radical (unpaired) electrons. The van der Waals surface area contributed by atoms with Gasteiger partial charge in [-0.25, -0.2) is 4.39 Å². The molecule has 1 N–H and O–H groups in total. The van der Waals surface area contributed by atoms with Crippen LogP contribution < -0.4 is 5.32 Å². The number of carbonyl (C=O) groups is 1. The Labute approximate surface area is 82.1 Å². The lowest BCUT2D eigenvalue weighted by Crippen LogP contribution is -2.38. The summed E-state index contributed by atoms with van der Waals surface area (Å²) in [6.45, 7) is 2.48. The first kappa shape index (κ1) is 9.34. The maximum atomic E-state index is 13.0. The van der Waals surface area contributed by atoms with Crippen LogP contribution in [0.4, 0.5) is 4.39 Å². The Morgan fingerprint density at radius 3 is 2.86 bits per heavy atom. The molecular weight excluding hydrogens is 181 g/mol. The molecule has 0 aliphatic carbocycles. The summed E-state index contributed by atoms with van der Waals surface area (Å²) < 4.78 is 13.0. The van der Waals surface area contributed by atoms with Crippen molar-refractivity contribution in [3.05, 3.63) is 35.6 Å². The predicted molar refractivity (Wildman–Crippen MR) is 51.4 cm³/mol. The maximum Gasteiger partial charge on any atom is 0.158 e. The molecule has 0 saturated carbocycles. The van der Waals surface area contributed by atoms with Crippen LogP contribution in [0.5, 0.6) is 0 Å². The fraction of sp³-hybridized carbons (Fsp3) is 0.364. The number of halogens is 1. The van der Waals surface area contributed by atoms with Gasteiger partial charge in [0, 0.05) is 13.0 Å². The van der Waals surface area contributed by atoms with Gasteiger partial charge in [0.25, 0.3) is 0 Å². The molecule has 1 aliphatic heterocycles. The molecule has 3 heteroatoms. The summed E-state index contributed by atoms with van der Waals surface area (Å²) in [5.41, 5.74) is 0.0160. The van der Waals surface area contributed by atoms with Gasteiger partial charge in [-0.05, 0) is 24.6 Å². The summed E-state index contributed by atoms with van der Waals surface area (Å²) in [6, 6.07) is 6.20. The fourth-order valence-corrected chi connectivity index (χ4v) is 1.84.